The third-order valence-corrected chi connectivity index (χ3v) is 8.95. The Kier molecular flexibility index (Phi) is 7.28. The highest BCUT2D eigenvalue weighted by molar-refractivity contribution is 14.1. The van der Waals surface area contributed by atoms with E-state index in [2.05, 4.69) is 77.2 Å². The molecule has 0 aliphatic carbocycles. The highest BCUT2D eigenvalue weighted by Crippen LogP contribution is 2.30. The van der Waals surface area contributed by atoms with E-state index in [0.717, 1.165) is 28.2 Å². The van der Waals surface area contributed by atoms with Crippen LogP contribution >= 0.6 is 33.9 Å². The molecule has 2 aromatic carbocycles. The van der Waals surface area contributed by atoms with Crippen molar-refractivity contribution in [2.24, 2.45) is 4.99 Å². The number of thiazole rings is 1. The molecule has 8 heteroatoms. The number of aryl methyl sites for hydroxylation is 2. The number of carbonyl (C=O) groups excluding carboxylic acids is 1. The summed E-state index contributed by atoms with van der Waals surface area (Å²) in [6, 6.07) is 17.5. The number of hydrogen-bond acceptors (Lipinski definition) is 5. The molecule has 0 bridgehead atoms. The number of esters is 1. The lowest BCUT2D eigenvalue weighted by Crippen LogP contribution is -2.39. The lowest BCUT2D eigenvalue weighted by Gasteiger charge is -2.24. The van der Waals surface area contributed by atoms with Crippen molar-refractivity contribution in [3.8, 4) is 5.69 Å². The largest absolute Gasteiger partial charge is 0.463 e. The molecule has 38 heavy (non-hydrogen) atoms. The number of rotatable bonds is 5. The number of hydrogen-bond donors (Lipinski definition) is 0. The highest BCUT2D eigenvalue weighted by atomic mass is 127. The number of carbonyl (C=O) groups is 1. The quantitative estimate of drug-likeness (QED) is 0.226. The van der Waals surface area contributed by atoms with Crippen molar-refractivity contribution in [1.29, 1.82) is 0 Å². The van der Waals surface area contributed by atoms with Gasteiger partial charge in [-0.2, -0.15) is 0 Å². The Morgan fingerprint density at radius 3 is 2.53 bits per heavy atom. The van der Waals surface area contributed by atoms with Crippen molar-refractivity contribution in [2.45, 2.75) is 40.7 Å². The maximum atomic E-state index is 13.9. The summed E-state index contributed by atoms with van der Waals surface area (Å²) in [6.45, 7) is 10.1. The zero-order chi connectivity index (χ0) is 27.1. The molecule has 194 valence electrons. The van der Waals surface area contributed by atoms with E-state index in [0.29, 0.717) is 20.6 Å². The fraction of sp³-hybridized carbons (Fsp3) is 0.233. The van der Waals surface area contributed by atoms with Crippen molar-refractivity contribution in [3.63, 3.8) is 0 Å². The first-order chi connectivity index (χ1) is 18.2. The minimum absolute atomic E-state index is 0.174. The Bertz CT molecular complexity index is 1780. The average Bonchev–Trinajstić information content (AvgIpc) is 3.34. The van der Waals surface area contributed by atoms with Crippen molar-refractivity contribution in [2.75, 3.05) is 6.61 Å². The fourth-order valence-electron chi connectivity index (χ4n) is 4.94. The van der Waals surface area contributed by atoms with E-state index >= 15 is 0 Å². The van der Waals surface area contributed by atoms with Crippen LogP contribution in [-0.2, 0) is 9.53 Å². The number of halogens is 1. The highest BCUT2D eigenvalue weighted by Gasteiger charge is 2.33. The standard InChI is InChI=1S/C30H28IN3O3S/c1-6-37-29(36)26-19(4)32-30-34(27(26)21-10-8-7-9-11-21)28(35)25(38-30)15-22-14-18(3)33(20(22)5)23-13-12-17(2)24(31)16-23/h7-16,27H,6H2,1-5H3/b25-15-. The number of fused-ring (bicyclic) bond motifs is 1. The van der Waals surface area contributed by atoms with Gasteiger partial charge in [0.05, 0.1) is 28.5 Å². The Labute approximate surface area is 238 Å². The molecule has 2 aromatic heterocycles. The minimum Gasteiger partial charge on any atom is -0.463 e. The van der Waals surface area contributed by atoms with E-state index in [-0.39, 0.29) is 12.2 Å². The van der Waals surface area contributed by atoms with E-state index in [1.165, 1.54) is 20.5 Å². The van der Waals surface area contributed by atoms with Gasteiger partial charge in [0.1, 0.15) is 0 Å². The molecule has 1 atom stereocenters. The second-order valence-electron chi connectivity index (χ2n) is 9.31. The molecule has 0 radical (unpaired) electrons. The first-order valence-corrected chi connectivity index (χ1v) is 14.3. The summed E-state index contributed by atoms with van der Waals surface area (Å²) < 4.78 is 11.0. The van der Waals surface area contributed by atoms with Crippen molar-refractivity contribution in [3.05, 3.63) is 117 Å². The monoisotopic (exact) mass is 637 g/mol. The van der Waals surface area contributed by atoms with Gasteiger partial charge in [0.2, 0.25) is 0 Å². The van der Waals surface area contributed by atoms with Gasteiger partial charge >= 0.3 is 5.97 Å². The summed E-state index contributed by atoms with van der Waals surface area (Å²) in [4.78, 5) is 32.1. The Balaban J connectivity index is 1.68. The topological polar surface area (TPSA) is 65.6 Å². The van der Waals surface area contributed by atoms with Crippen LogP contribution in [0.25, 0.3) is 11.8 Å². The van der Waals surface area contributed by atoms with E-state index in [4.69, 9.17) is 4.74 Å². The van der Waals surface area contributed by atoms with Gasteiger partial charge in [-0.3, -0.25) is 9.36 Å². The molecule has 0 amide bonds. The summed E-state index contributed by atoms with van der Waals surface area (Å²) in [7, 11) is 0. The van der Waals surface area contributed by atoms with E-state index in [1.807, 2.05) is 36.4 Å². The smallest absolute Gasteiger partial charge is 0.338 e. The summed E-state index contributed by atoms with van der Waals surface area (Å²) in [5.74, 6) is -0.451. The molecule has 1 aliphatic rings. The van der Waals surface area contributed by atoms with Gasteiger partial charge < -0.3 is 9.30 Å². The Morgan fingerprint density at radius 2 is 1.84 bits per heavy atom. The lowest BCUT2D eigenvalue weighted by atomic mass is 9.96. The second kappa shape index (κ2) is 10.5. The number of nitrogens with zero attached hydrogens (tertiary/aromatic N) is 3. The van der Waals surface area contributed by atoms with Crippen LogP contribution in [0.2, 0.25) is 0 Å². The molecular weight excluding hydrogens is 609 g/mol. The van der Waals surface area contributed by atoms with Crippen LogP contribution in [0.1, 0.15) is 48.0 Å². The molecule has 6 nitrogen and oxygen atoms in total. The number of aromatic nitrogens is 2. The number of allylic oxidation sites excluding steroid dienone is 1. The number of ether oxygens (including phenoxy) is 1. The molecule has 0 spiro atoms. The molecular formula is C30H28IN3O3S. The van der Waals surface area contributed by atoms with E-state index in [9.17, 15) is 9.59 Å². The third-order valence-electron chi connectivity index (χ3n) is 6.80. The fourth-order valence-corrected chi connectivity index (χ4v) is 6.47. The minimum atomic E-state index is -0.601. The Morgan fingerprint density at radius 1 is 1.11 bits per heavy atom. The number of benzene rings is 2. The summed E-state index contributed by atoms with van der Waals surface area (Å²) in [6.07, 6.45) is 1.94. The van der Waals surface area contributed by atoms with Crippen molar-refractivity contribution < 1.29 is 9.53 Å². The van der Waals surface area contributed by atoms with E-state index in [1.54, 1.807) is 18.4 Å². The third kappa shape index (κ3) is 4.60. The molecule has 0 N–H and O–H groups in total. The van der Waals surface area contributed by atoms with Crippen LogP contribution in [0.4, 0.5) is 0 Å². The van der Waals surface area contributed by atoms with Crippen molar-refractivity contribution >= 4 is 46.0 Å². The first-order valence-electron chi connectivity index (χ1n) is 12.4. The summed E-state index contributed by atoms with van der Waals surface area (Å²) in [5.41, 5.74) is 7.07. The van der Waals surface area contributed by atoms with Crippen LogP contribution in [0.5, 0.6) is 0 Å². The molecule has 4 aromatic rings. The van der Waals surface area contributed by atoms with Crippen LogP contribution < -0.4 is 14.9 Å². The lowest BCUT2D eigenvalue weighted by molar-refractivity contribution is -0.139. The van der Waals surface area contributed by atoms with Crippen LogP contribution in [-0.4, -0.2) is 21.7 Å². The molecule has 0 fully saturated rings. The van der Waals surface area contributed by atoms with E-state index < -0.39 is 12.0 Å². The summed E-state index contributed by atoms with van der Waals surface area (Å²) in [5, 5.41) is 0. The molecule has 3 heterocycles. The van der Waals surface area contributed by atoms with Gasteiger partial charge in [0, 0.05) is 20.6 Å². The van der Waals surface area contributed by atoms with Crippen LogP contribution in [0, 0.1) is 24.3 Å². The second-order valence-corrected chi connectivity index (χ2v) is 11.5. The van der Waals surface area contributed by atoms with Gasteiger partial charge in [-0.1, -0.05) is 47.7 Å². The van der Waals surface area contributed by atoms with Gasteiger partial charge in [-0.05, 0) is 98.2 Å². The summed E-state index contributed by atoms with van der Waals surface area (Å²) >= 11 is 3.70. The molecule has 1 aliphatic heterocycles. The van der Waals surface area contributed by atoms with Gasteiger partial charge in [-0.15, -0.1) is 0 Å². The molecule has 0 saturated heterocycles. The maximum absolute atomic E-state index is 13.9. The predicted octanol–water partition coefficient (Wildman–Crippen LogP) is 5.12. The van der Waals surface area contributed by atoms with Gasteiger partial charge in [0.25, 0.3) is 5.56 Å². The maximum Gasteiger partial charge on any atom is 0.338 e. The first kappa shape index (κ1) is 26.4. The van der Waals surface area contributed by atoms with Crippen LogP contribution in [0.3, 0.4) is 0 Å². The average molecular weight is 638 g/mol. The predicted molar refractivity (Wildman–Crippen MR) is 160 cm³/mol. The molecule has 1 unspecified atom stereocenters. The molecule has 5 rings (SSSR count). The normalized spacial score (nSPS) is 15.4. The van der Waals surface area contributed by atoms with Gasteiger partial charge in [-0.25, -0.2) is 9.79 Å². The van der Waals surface area contributed by atoms with Crippen LogP contribution in [0.15, 0.2) is 75.7 Å². The zero-order valence-electron chi connectivity index (χ0n) is 21.9. The SMILES string of the molecule is CCOC(=O)C1=C(C)N=c2s/c(=C\c3cc(C)n(-c4ccc(C)c(I)c4)c3C)c(=O)n2C1c1ccccc1. The van der Waals surface area contributed by atoms with Crippen molar-refractivity contribution in [1.82, 2.24) is 9.13 Å². The molecule has 0 saturated carbocycles. The Hall–Kier alpha value is -3.24. The van der Waals surface area contributed by atoms with Gasteiger partial charge in [0.15, 0.2) is 4.80 Å². The zero-order valence-corrected chi connectivity index (χ0v) is 24.9.